The van der Waals surface area contributed by atoms with Crippen molar-refractivity contribution < 1.29 is 19.1 Å². The summed E-state index contributed by atoms with van der Waals surface area (Å²) in [5.74, 6) is 0. The third-order valence-corrected chi connectivity index (χ3v) is 4.78. The highest BCUT2D eigenvalue weighted by Gasteiger charge is 2.45. The summed E-state index contributed by atoms with van der Waals surface area (Å²) in [6, 6.07) is 18.3. The molecular weight excluding hydrogens is 311 g/mol. The second-order valence-corrected chi connectivity index (χ2v) is 7.03. The van der Waals surface area contributed by atoms with Crippen LogP contribution < -0.4 is 0 Å². The number of allylic oxidation sites excluding steroid dienone is 1. The molecule has 0 unspecified atom stereocenters. The molecule has 4 nitrogen and oxygen atoms in total. The molecule has 0 aliphatic heterocycles. The van der Waals surface area contributed by atoms with Crippen molar-refractivity contribution in [1.82, 2.24) is 0 Å². The van der Waals surface area contributed by atoms with Gasteiger partial charge in [-0.05, 0) is 24.0 Å². The second kappa shape index (κ2) is 7.05. The Bertz CT molecular complexity index is 678. The Kier molecular flexibility index (Phi) is 5.32. The van der Waals surface area contributed by atoms with E-state index >= 15 is 0 Å². The molecule has 23 heavy (non-hydrogen) atoms. The average molecular weight is 330 g/mol. The molecule has 0 aliphatic carbocycles. The molecule has 0 amide bonds. The molecule has 0 aromatic heterocycles. The Hall–Kier alpha value is -2.00. The van der Waals surface area contributed by atoms with Gasteiger partial charge in [-0.2, -0.15) is 0 Å². The van der Waals surface area contributed by atoms with Crippen LogP contribution in [0.4, 0.5) is 0 Å². The van der Waals surface area contributed by atoms with E-state index in [1.807, 2.05) is 60.7 Å². The van der Waals surface area contributed by atoms with Crippen molar-refractivity contribution in [1.29, 1.82) is 0 Å². The molecule has 2 aromatic rings. The van der Waals surface area contributed by atoms with Crippen molar-refractivity contribution >= 4 is 13.1 Å². The predicted octanol–water partition coefficient (Wildman–Crippen LogP) is 3.35. The van der Waals surface area contributed by atoms with E-state index in [1.54, 1.807) is 0 Å². The Morgan fingerprint density at radius 2 is 1.35 bits per heavy atom. The molecule has 0 fully saturated rings. The summed E-state index contributed by atoms with van der Waals surface area (Å²) >= 11 is 0. The lowest BCUT2D eigenvalue weighted by molar-refractivity contribution is -0.120. The van der Waals surface area contributed by atoms with Crippen LogP contribution in [0.2, 0.25) is 0 Å². The van der Waals surface area contributed by atoms with Crippen LogP contribution >= 0.6 is 7.60 Å². The Balaban J connectivity index is 2.46. The van der Waals surface area contributed by atoms with E-state index in [2.05, 4.69) is 6.58 Å². The van der Waals surface area contributed by atoms with Crippen LogP contribution in [0.5, 0.6) is 0 Å². The molecule has 5 heteroatoms. The van der Waals surface area contributed by atoms with Crippen molar-refractivity contribution in [3.8, 4) is 0 Å². The minimum atomic E-state index is -4.88. The lowest BCUT2D eigenvalue weighted by Gasteiger charge is -2.29. The van der Waals surface area contributed by atoms with E-state index in [0.29, 0.717) is 0 Å². The quantitative estimate of drug-likeness (QED) is 0.603. The Labute approximate surface area is 135 Å². The molecule has 0 heterocycles. The Morgan fingerprint density at radius 3 is 1.65 bits per heavy atom. The highest BCUT2D eigenvalue weighted by molar-refractivity contribution is 7.70. The first-order valence-corrected chi connectivity index (χ1v) is 8.81. The summed E-state index contributed by atoms with van der Waals surface area (Å²) < 4.78 is 11.6. The molecule has 0 spiro atoms. The van der Waals surface area contributed by atoms with Gasteiger partial charge < -0.3 is 9.79 Å². The highest BCUT2D eigenvalue weighted by Crippen LogP contribution is 2.47. The average Bonchev–Trinajstić information content (AvgIpc) is 2.54. The van der Waals surface area contributed by atoms with Gasteiger partial charge in [0.05, 0.1) is 5.41 Å². The zero-order valence-corrected chi connectivity index (χ0v) is 13.5. The minimum Gasteiger partial charge on any atom is -0.319 e. The largest absolute Gasteiger partial charge is 0.392 e. The van der Waals surface area contributed by atoms with E-state index < -0.39 is 18.5 Å². The summed E-state index contributed by atoms with van der Waals surface area (Å²) in [4.78, 5) is 31.3. The zero-order chi connectivity index (χ0) is 16.9. The molecule has 2 rings (SSSR count). The molecule has 120 valence electrons. The minimum absolute atomic E-state index is 0.191. The molecular formula is C18H19O4P. The van der Waals surface area contributed by atoms with Crippen molar-refractivity contribution in [3.63, 3.8) is 0 Å². The monoisotopic (exact) mass is 330 g/mol. The molecule has 2 N–H and O–H groups in total. The third kappa shape index (κ3) is 4.26. The van der Waals surface area contributed by atoms with Crippen molar-refractivity contribution in [2.24, 2.45) is 5.41 Å². The van der Waals surface area contributed by atoms with E-state index in [4.69, 9.17) is 0 Å². The first kappa shape index (κ1) is 17.4. The normalized spacial score (nSPS) is 11.9. The van der Waals surface area contributed by atoms with Gasteiger partial charge in [0, 0.05) is 0 Å². The van der Waals surface area contributed by atoms with Crippen LogP contribution in [0.25, 0.3) is 0 Å². The molecule has 0 radical (unpaired) electrons. The molecule has 0 aliphatic rings. The van der Waals surface area contributed by atoms with Gasteiger partial charge in [0.2, 0.25) is 0 Å². The summed E-state index contributed by atoms with van der Waals surface area (Å²) in [6.45, 7) is 3.70. The van der Waals surface area contributed by atoms with Crippen molar-refractivity contribution in [2.75, 3.05) is 0 Å². The fraction of sp³-hybridized carbons (Fsp3) is 0.167. The van der Waals surface area contributed by atoms with Crippen LogP contribution in [0.1, 0.15) is 11.1 Å². The van der Waals surface area contributed by atoms with Crippen LogP contribution in [0, 0.1) is 5.41 Å². The number of carbonyl (C=O) groups excluding carboxylic acids is 1. The second-order valence-electron chi connectivity index (χ2n) is 5.53. The van der Waals surface area contributed by atoms with Gasteiger partial charge in [-0.15, -0.1) is 6.58 Å². The molecule has 0 atom stereocenters. The fourth-order valence-corrected chi connectivity index (χ4v) is 3.49. The topological polar surface area (TPSA) is 74.6 Å². The SMILES string of the molecule is C=CC(Cc1ccccc1)(Cc1ccccc1)C(=O)P(=O)(O)O. The lowest BCUT2D eigenvalue weighted by atomic mass is 9.77. The summed E-state index contributed by atoms with van der Waals surface area (Å²) in [5, 5.41) is 0. The van der Waals surface area contributed by atoms with Crippen LogP contribution in [0.3, 0.4) is 0 Å². The smallest absolute Gasteiger partial charge is 0.319 e. The lowest BCUT2D eigenvalue weighted by Crippen LogP contribution is -2.33. The van der Waals surface area contributed by atoms with Crippen LogP contribution in [-0.2, 0) is 22.2 Å². The van der Waals surface area contributed by atoms with E-state index in [9.17, 15) is 19.1 Å². The van der Waals surface area contributed by atoms with Crippen LogP contribution in [-0.4, -0.2) is 15.3 Å². The van der Waals surface area contributed by atoms with Gasteiger partial charge in [0.25, 0.3) is 5.52 Å². The predicted molar refractivity (Wildman–Crippen MR) is 90.0 cm³/mol. The molecule has 0 saturated heterocycles. The summed E-state index contributed by atoms with van der Waals surface area (Å²) in [5.41, 5.74) is -0.787. The molecule has 0 saturated carbocycles. The van der Waals surface area contributed by atoms with Gasteiger partial charge >= 0.3 is 7.60 Å². The third-order valence-electron chi connectivity index (χ3n) is 3.81. The maximum absolute atomic E-state index is 12.5. The van der Waals surface area contributed by atoms with Crippen molar-refractivity contribution in [3.05, 3.63) is 84.4 Å². The number of hydrogen-bond acceptors (Lipinski definition) is 2. The maximum Gasteiger partial charge on any atom is 0.392 e. The Morgan fingerprint density at radius 1 is 0.957 bits per heavy atom. The van der Waals surface area contributed by atoms with E-state index in [0.717, 1.165) is 11.1 Å². The van der Waals surface area contributed by atoms with Crippen LogP contribution in [0.15, 0.2) is 73.3 Å². The number of rotatable bonds is 7. The standard InChI is InChI=1S/C18H19O4P/c1-2-18(17(19)23(20,21)22,13-15-9-5-3-6-10-15)14-16-11-7-4-8-12-16/h2-12H,1,13-14H2,(H2,20,21,22). The van der Waals surface area contributed by atoms with Gasteiger partial charge in [0.15, 0.2) is 0 Å². The first-order valence-electron chi connectivity index (χ1n) is 7.19. The maximum atomic E-state index is 12.5. The highest BCUT2D eigenvalue weighted by atomic mass is 31.2. The summed E-state index contributed by atoms with van der Waals surface area (Å²) in [6.07, 6.45) is 1.75. The van der Waals surface area contributed by atoms with Gasteiger partial charge in [0.1, 0.15) is 0 Å². The molecule has 0 bridgehead atoms. The van der Waals surface area contributed by atoms with Gasteiger partial charge in [-0.1, -0.05) is 66.7 Å². The molecule has 2 aromatic carbocycles. The van der Waals surface area contributed by atoms with Crippen molar-refractivity contribution in [2.45, 2.75) is 12.8 Å². The van der Waals surface area contributed by atoms with E-state index in [1.165, 1.54) is 6.08 Å². The number of carbonyl (C=O) groups is 1. The van der Waals surface area contributed by atoms with Gasteiger partial charge in [-0.3, -0.25) is 9.36 Å². The number of hydrogen-bond donors (Lipinski definition) is 2. The van der Waals surface area contributed by atoms with E-state index in [-0.39, 0.29) is 12.8 Å². The zero-order valence-electron chi connectivity index (χ0n) is 12.6. The first-order chi connectivity index (χ1) is 10.9. The number of benzene rings is 2. The van der Waals surface area contributed by atoms with Gasteiger partial charge in [-0.25, -0.2) is 0 Å². The fourth-order valence-electron chi connectivity index (χ4n) is 2.66. The summed E-state index contributed by atoms with van der Waals surface area (Å²) in [7, 11) is -4.88.